The molecule has 112 valence electrons. The second kappa shape index (κ2) is 6.02. The Morgan fingerprint density at radius 2 is 1.91 bits per heavy atom. The van der Waals surface area contributed by atoms with Crippen LogP contribution in [0.3, 0.4) is 0 Å². The second-order valence-corrected chi connectivity index (χ2v) is 5.45. The monoisotopic (exact) mass is 293 g/mol. The minimum absolute atomic E-state index is 0.0252. The fourth-order valence-electron chi connectivity index (χ4n) is 2.32. The highest BCUT2D eigenvalue weighted by molar-refractivity contribution is 5.92. The third-order valence-electron chi connectivity index (χ3n) is 3.93. The van der Waals surface area contributed by atoms with Gasteiger partial charge in [-0.3, -0.25) is 9.36 Å². The molecule has 1 N–H and O–H groups in total. The van der Waals surface area contributed by atoms with Crippen LogP contribution in [0, 0.1) is 5.92 Å². The number of imidazole rings is 1. The molecule has 1 amide bonds. The molecule has 1 heterocycles. The lowest BCUT2D eigenvalue weighted by atomic mass is 10.1. The summed E-state index contributed by atoms with van der Waals surface area (Å²) in [6, 6.07) is 15.8. The second-order valence-electron chi connectivity index (χ2n) is 5.45. The number of amides is 1. The van der Waals surface area contributed by atoms with Gasteiger partial charge in [0.15, 0.2) is 0 Å². The zero-order chi connectivity index (χ0) is 15.5. The summed E-state index contributed by atoms with van der Waals surface area (Å²) in [6.45, 7) is 3.94. The van der Waals surface area contributed by atoms with Crippen molar-refractivity contribution in [2.45, 2.75) is 20.3 Å². The summed E-state index contributed by atoms with van der Waals surface area (Å²) in [5.41, 5.74) is 3.88. The first-order chi connectivity index (χ1) is 10.7. The van der Waals surface area contributed by atoms with E-state index >= 15 is 0 Å². The molecule has 0 fully saturated rings. The highest BCUT2D eigenvalue weighted by atomic mass is 16.1. The van der Waals surface area contributed by atoms with Crippen molar-refractivity contribution in [1.82, 2.24) is 9.55 Å². The molecule has 0 radical (unpaired) electrons. The Kier molecular flexibility index (Phi) is 3.92. The average molecular weight is 293 g/mol. The smallest absolute Gasteiger partial charge is 0.227 e. The average Bonchev–Trinajstić information content (AvgIpc) is 2.99. The van der Waals surface area contributed by atoms with Gasteiger partial charge in [0.25, 0.3) is 0 Å². The molecule has 0 saturated carbocycles. The molecule has 3 rings (SSSR count). The van der Waals surface area contributed by atoms with E-state index in [1.807, 2.05) is 73.3 Å². The quantitative estimate of drug-likeness (QED) is 0.790. The first-order valence-corrected chi connectivity index (χ1v) is 7.52. The summed E-state index contributed by atoms with van der Waals surface area (Å²) in [7, 11) is 0. The van der Waals surface area contributed by atoms with E-state index in [0.29, 0.717) is 0 Å². The molecule has 0 unspecified atom stereocenters. The van der Waals surface area contributed by atoms with Crippen LogP contribution in [0.2, 0.25) is 0 Å². The number of carbonyl (C=O) groups is 1. The molecule has 22 heavy (non-hydrogen) atoms. The van der Waals surface area contributed by atoms with E-state index in [1.54, 1.807) is 0 Å². The highest BCUT2D eigenvalue weighted by Crippen LogP contribution is 2.20. The van der Waals surface area contributed by atoms with E-state index in [-0.39, 0.29) is 11.8 Å². The van der Waals surface area contributed by atoms with Crippen molar-refractivity contribution in [2.24, 2.45) is 5.92 Å². The zero-order valence-corrected chi connectivity index (χ0v) is 12.8. The largest absolute Gasteiger partial charge is 0.326 e. The van der Waals surface area contributed by atoms with Gasteiger partial charge >= 0.3 is 0 Å². The summed E-state index contributed by atoms with van der Waals surface area (Å²) in [6.07, 6.45) is 2.66. The molecule has 0 bridgehead atoms. The molecule has 4 heteroatoms. The number of fused-ring (bicyclic) bond motifs is 1. The molecule has 0 spiro atoms. The Bertz CT molecular complexity index is 789. The van der Waals surface area contributed by atoms with E-state index in [0.717, 1.165) is 28.8 Å². The highest BCUT2D eigenvalue weighted by Gasteiger charge is 2.10. The van der Waals surface area contributed by atoms with Crippen molar-refractivity contribution in [3.63, 3.8) is 0 Å². The zero-order valence-electron chi connectivity index (χ0n) is 12.8. The molecule has 0 aliphatic heterocycles. The van der Waals surface area contributed by atoms with E-state index < -0.39 is 0 Å². The van der Waals surface area contributed by atoms with Crippen LogP contribution in [0.15, 0.2) is 54.9 Å². The summed E-state index contributed by atoms with van der Waals surface area (Å²) in [4.78, 5) is 16.3. The number of carbonyl (C=O) groups excluding carboxylic acids is 1. The molecule has 3 aromatic rings. The number of hydrogen-bond donors (Lipinski definition) is 1. The van der Waals surface area contributed by atoms with Gasteiger partial charge in [-0.25, -0.2) is 4.98 Å². The molecule has 0 aliphatic rings. The molecule has 1 atom stereocenters. The predicted molar refractivity (Wildman–Crippen MR) is 89.2 cm³/mol. The lowest BCUT2D eigenvalue weighted by Crippen LogP contribution is -2.19. The summed E-state index contributed by atoms with van der Waals surface area (Å²) in [5, 5.41) is 2.94. The van der Waals surface area contributed by atoms with Crippen molar-refractivity contribution in [3.05, 3.63) is 54.9 Å². The van der Waals surface area contributed by atoms with Crippen molar-refractivity contribution < 1.29 is 4.79 Å². The van der Waals surface area contributed by atoms with E-state index in [4.69, 9.17) is 0 Å². The van der Waals surface area contributed by atoms with Gasteiger partial charge in [-0.1, -0.05) is 26.0 Å². The number of nitrogens with zero attached hydrogens (tertiary/aromatic N) is 2. The van der Waals surface area contributed by atoms with Crippen LogP contribution in [-0.4, -0.2) is 15.5 Å². The molecular weight excluding hydrogens is 274 g/mol. The maximum atomic E-state index is 11.9. The Morgan fingerprint density at radius 1 is 1.18 bits per heavy atom. The van der Waals surface area contributed by atoms with Crippen LogP contribution in [-0.2, 0) is 4.79 Å². The summed E-state index contributed by atoms with van der Waals surface area (Å²) in [5.74, 6) is 0.0839. The van der Waals surface area contributed by atoms with Crippen molar-refractivity contribution in [3.8, 4) is 5.69 Å². The fraction of sp³-hybridized carbons (Fsp3) is 0.222. The first-order valence-electron chi connectivity index (χ1n) is 7.52. The minimum Gasteiger partial charge on any atom is -0.326 e. The molecule has 1 aromatic heterocycles. The normalized spacial score (nSPS) is 12.3. The minimum atomic E-state index is 0.0252. The molecular formula is C18H19N3O. The SMILES string of the molecule is CC[C@@H](C)C(=O)Nc1ccc(-n2cnc3ccccc32)cc1. The Balaban J connectivity index is 1.84. The lowest BCUT2D eigenvalue weighted by Gasteiger charge is -2.11. The van der Waals surface area contributed by atoms with Crippen LogP contribution in [0.4, 0.5) is 5.69 Å². The summed E-state index contributed by atoms with van der Waals surface area (Å²) >= 11 is 0. The van der Waals surface area contributed by atoms with E-state index in [9.17, 15) is 4.79 Å². The fourth-order valence-corrected chi connectivity index (χ4v) is 2.32. The maximum Gasteiger partial charge on any atom is 0.227 e. The predicted octanol–water partition coefficient (Wildman–Crippen LogP) is 4.01. The van der Waals surface area contributed by atoms with Crippen molar-refractivity contribution >= 4 is 22.6 Å². The maximum absolute atomic E-state index is 11.9. The molecule has 4 nitrogen and oxygen atoms in total. The van der Waals surface area contributed by atoms with Gasteiger partial charge in [0.05, 0.1) is 11.0 Å². The summed E-state index contributed by atoms with van der Waals surface area (Å²) < 4.78 is 2.04. The van der Waals surface area contributed by atoms with E-state index in [1.165, 1.54) is 0 Å². The number of hydrogen-bond acceptors (Lipinski definition) is 2. The standard InChI is InChI=1S/C18H19N3O/c1-3-13(2)18(22)20-14-8-10-15(11-9-14)21-12-19-16-6-4-5-7-17(16)21/h4-13H,3H2,1-2H3,(H,20,22)/t13-/m1/s1. The van der Waals surface area contributed by atoms with Crippen molar-refractivity contribution in [1.29, 1.82) is 0 Å². The van der Waals surface area contributed by atoms with E-state index in [2.05, 4.69) is 10.3 Å². The Morgan fingerprint density at radius 3 is 2.64 bits per heavy atom. The van der Waals surface area contributed by atoms with Crippen LogP contribution < -0.4 is 5.32 Å². The van der Waals surface area contributed by atoms with Crippen LogP contribution in [0.25, 0.3) is 16.7 Å². The third kappa shape index (κ3) is 2.72. The number of benzene rings is 2. The number of rotatable bonds is 4. The molecule has 2 aromatic carbocycles. The number of nitrogens with one attached hydrogen (secondary N) is 1. The number of anilines is 1. The van der Waals surface area contributed by atoms with Gasteiger partial charge in [-0.2, -0.15) is 0 Å². The van der Waals surface area contributed by atoms with Gasteiger partial charge < -0.3 is 5.32 Å². The van der Waals surface area contributed by atoms with Gasteiger partial charge in [-0.15, -0.1) is 0 Å². The Hall–Kier alpha value is -2.62. The van der Waals surface area contributed by atoms with Gasteiger partial charge in [0.1, 0.15) is 6.33 Å². The van der Waals surface area contributed by atoms with Gasteiger partial charge in [0, 0.05) is 17.3 Å². The lowest BCUT2D eigenvalue weighted by molar-refractivity contribution is -0.119. The van der Waals surface area contributed by atoms with Crippen LogP contribution >= 0.6 is 0 Å². The van der Waals surface area contributed by atoms with Crippen LogP contribution in [0.1, 0.15) is 20.3 Å². The van der Waals surface area contributed by atoms with Gasteiger partial charge in [0.2, 0.25) is 5.91 Å². The first kappa shape index (κ1) is 14.3. The van der Waals surface area contributed by atoms with Crippen molar-refractivity contribution in [2.75, 3.05) is 5.32 Å². The number of para-hydroxylation sites is 2. The third-order valence-corrected chi connectivity index (χ3v) is 3.93. The van der Waals surface area contributed by atoms with Gasteiger partial charge in [-0.05, 0) is 42.8 Å². The Labute approximate surface area is 129 Å². The molecule has 0 saturated heterocycles. The molecule has 0 aliphatic carbocycles. The topological polar surface area (TPSA) is 46.9 Å². The number of aromatic nitrogens is 2. The van der Waals surface area contributed by atoms with Crippen LogP contribution in [0.5, 0.6) is 0 Å².